The maximum absolute atomic E-state index is 12.4. The average molecular weight is 313 g/mol. The summed E-state index contributed by atoms with van der Waals surface area (Å²) in [5.41, 5.74) is 0.523. The summed E-state index contributed by atoms with van der Waals surface area (Å²) >= 11 is 3.22. The highest BCUT2D eigenvalue weighted by Gasteiger charge is 2.43. The zero-order valence-electron chi connectivity index (χ0n) is 9.69. The van der Waals surface area contributed by atoms with Gasteiger partial charge in [-0.3, -0.25) is 9.59 Å². The van der Waals surface area contributed by atoms with E-state index in [9.17, 15) is 9.59 Å². The van der Waals surface area contributed by atoms with Gasteiger partial charge in [-0.15, -0.1) is 0 Å². The maximum Gasteiger partial charge on any atom is 0.258 e. The molecule has 1 aromatic rings. The van der Waals surface area contributed by atoms with Crippen molar-refractivity contribution in [2.75, 3.05) is 13.1 Å². The molecule has 2 amide bonds. The van der Waals surface area contributed by atoms with Crippen LogP contribution < -0.4 is 5.32 Å². The molecule has 2 aliphatic rings. The number of hydrogen-bond donors (Lipinski definition) is 1. The first-order chi connectivity index (χ1) is 8.68. The van der Waals surface area contributed by atoms with Gasteiger partial charge in [0.1, 0.15) is 0 Å². The molecule has 0 radical (unpaired) electrons. The summed E-state index contributed by atoms with van der Waals surface area (Å²) in [5.74, 6) is -0.0426. The van der Waals surface area contributed by atoms with Crippen molar-refractivity contribution in [3.63, 3.8) is 0 Å². The smallest absolute Gasteiger partial charge is 0.258 e. The monoisotopic (exact) mass is 312 g/mol. The molecule has 3 heterocycles. The molecule has 1 aromatic heterocycles. The van der Waals surface area contributed by atoms with Gasteiger partial charge in [-0.05, 0) is 34.8 Å². The van der Waals surface area contributed by atoms with E-state index >= 15 is 0 Å². The van der Waals surface area contributed by atoms with Crippen LogP contribution in [0.15, 0.2) is 21.4 Å². The van der Waals surface area contributed by atoms with Gasteiger partial charge in [-0.2, -0.15) is 0 Å². The van der Waals surface area contributed by atoms with E-state index in [-0.39, 0.29) is 23.8 Å². The average Bonchev–Trinajstić information content (AvgIpc) is 2.95. The number of carbonyl (C=O) groups excluding carboxylic acids is 2. The Morgan fingerprint density at radius 2 is 2.39 bits per heavy atom. The Bertz CT molecular complexity index is 499. The SMILES string of the molecule is O=C1NC[C@@H]2[C@H]1CCCN2C(=O)c1ccoc1Br. The van der Waals surface area contributed by atoms with Crippen molar-refractivity contribution in [2.24, 2.45) is 5.92 Å². The summed E-state index contributed by atoms with van der Waals surface area (Å²) in [6.45, 7) is 1.26. The van der Waals surface area contributed by atoms with Gasteiger partial charge in [0, 0.05) is 13.1 Å². The quantitative estimate of drug-likeness (QED) is 0.852. The lowest BCUT2D eigenvalue weighted by molar-refractivity contribution is -0.123. The van der Waals surface area contributed by atoms with Gasteiger partial charge in [0.15, 0.2) is 4.67 Å². The molecule has 2 fully saturated rings. The zero-order valence-corrected chi connectivity index (χ0v) is 11.3. The number of amides is 2. The van der Waals surface area contributed by atoms with Gasteiger partial charge in [-0.1, -0.05) is 0 Å². The van der Waals surface area contributed by atoms with Crippen LogP contribution in [-0.4, -0.2) is 35.8 Å². The fraction of sp³-hybridized carbons (Fsp3) is 0.500. The van der Waals surface area contributed by atoms with Crippen LogP contribution in [0, 0.1) is 5.92 Å². The van der Waals surface area contributed by atoms with Crippen molar-refractivity contribution >= 4 is 27.7 Å². The third kappa shape index (κ3) is 1.75. The third-order valence-corrected chi connectivity index (χ3v) is 4.32. The number of likely N-dealkylation sites (tertiary alicyclic amines) is 1. The Morgan fingerprint density at radius 3 is 3.11 bits per heavy atom. The Kier molecular flexibility index (Phi) is 2.89. The predicted octanol–water partition coefficient (Wildman–Crippen LogP) is 1.39. The molecular weight excluding hydrogens is 300 g/mol. The fourth-order valence-corrected chi connectivity index (χ4v) is 3.21. The van der Waals surface area contributed by atoms with E-state index < -0.39 is 0 Å². The Morgan fingerprint density at radius 1 is 1.56 bits per heavy atom. The molecule has 18 heavy (non-hydrogen) atoms. The topological polar surface area (TPSA) is 62.6 Å². The normalized spacial score (nSPS) is 26.9. The minimum absolute atomic E-state index is 0.0134. The Labute approximate surface area is 113 Å². The largest absolute Gasteiger partial charge is 0.457 e. The molecule has 2 aliphatic heterocycles. The number of nitrogens with one attached hydrogen (secondary N) is 1. The molecule has 1 N–H and O–H groups in total. The molecule has 0 bridgehead atoms. The standard InChI is InChI=1S/C12H13BrN2O3/c13-10-8(3-5-18-10)12(17)15-4-1-2-7-9(15)6-14-11(7)16/h3,5,7,9H,1-2,4,6H2,(H,14,16)/t7-,9-/m1/s1. The number of furan rings is 1. The Balaban J connectivity index is 1.86. The van der Waals surface area contributed by atoms with Crippen LogP contribution >= 0.6 is 15.9 Å². The van der Waals surface area contributed by atoms with Gasteiger partial charge in [-0.25, -0.2) is 0 Å². The van der Waals surface area contributed by atoms with Crippen LogP contribution in [0.5, 0.6) is 0 Å². The van der Waals surface area contributed by atoms with Crippen molar-refractivity contribution in [3.05, 3.63) is 22.6 Å². The van der Waals surface area contributed by atoms with Crippen LogP contribution in [0.1, 0.15) is 23.2 Å². The highest BCUT2D eigenvalue weighted by Crippen LogP contribution is 2.30. The molecule has 6 heteroatoms. The molecule has 0 aromatic carbocycles. The first-order valence-corrected chi connectivity index (χ1v) is 6.79. The van der Waals surface area contributed by atoms with E-state index in [0.717, 1.165) is 12.8 Å². The van der Waals surface area contributed by atoms with Crippen LogP contribution in [0.2, 0.25) is 0 Å². The van der Waals surface area contributed by atoms with Crippen molar-refractivity contribution < 1.29 is 14.0 Å². The van der Waals surface area contributed by atoms with Gasteiger partial charge in [0.05, 0.1) is 23.8 Å². The molecule has 0 spiro atoms. The lowest BCUT2D eigenvalue weighted by Gasteiger charge is -2.35. The molecule has 0 saturated carbocycles. The summed E-state index contributed by atoms with van der Waals surface area (Å²) in [6, 6.07) is 1.64. The molecule has 2 saturated heterocycles. The van der Waals surface area contributed by atoms with Gasteiger partial charge in [0.2, 0.25) is 5.91 Å². The first kappa shape index (κ1) is 11.8. The molecule has 5 nitrogen and oxygen atoms in total. The van der Waals surface area contributed by atoms with E-state index in [0.29, 0.717) is 23.3 Å². The predicted molar refractivity (Wildman–Crippen MR) is 67.0 cm³/mol. The number of nitrogens with zero attached hydrogens (tertiary/aromatic N) is 1. The van der Waals surface area contributed by atoms with Gasteiger partial charge in [0.25, 0.3) is 5.91 Å². The van der Waals surface area contributed by atoms with Gasteiger partial charge >= 0.3 is 0 Å². The minimum atomic E-state index is -0.0678. The molecule has 96 valence electrons. The number of piperidine rings is 1. The van der Waals surface area contributed by atoms with Crippen molar-refractivity contribution in [3.8, 4) is 0 Å². The fourth-order valence-electron chi connectivity index (χ4n) is 2.80. The minimum Gasteiger partial charge on any atom is -0.457 e. The summed E-state index contributed by atoms with van der Waals surface area (Å²) in [7, 11) is 0. The molecule has 0 unspecified atom stereocenters. The van der Waals surface area contributed by atoms with Crippen LogP contribution in [0.4, 0.5) is 0 Å². The van der Waals surface area contributed by atoms with Crippen molar-refractivity contribution in [2.45, 2.75) is 18.9 Å². The van der Waals surface area contributed by atoms with Crippen LogP contribution in [0.25, 0.3) is 0 Å². The zero-order chi connectivity index (χ0) is 12.7. The summed E-state index contributed by atoms with van der Waals surface area (Å²) < 4.78 is 5.55. The Hall–Kier alpha value is -1.30. The summed E-state index contributed by atoms with van der Waals surface area (Å²) in [4.78, 5) is 25.9. The lowest BCUT2D eigenvalue weighted by atomic mass is 9.91. The van der Waals surface area contributed by atoms with E-state index in [1.807, 2.05) is 0 Å². The maximum atomic E-state index is 12.4. The van der Waals surface area contributed by atoms with E-state index in [4.69, 9.17) is 4.42 Å². The highest BCUT2D eigenvalue weighted by atomic mass is 79.9. The van der Waals surface area contributed by atoms with E-state index in [2.05, 4.69) is 21.2 Å². The van der Waals surface area contributed by atoms with Crippen molar-refractivity contribution in [1.29, 1.82) is 0 Å². The molecule has 2 atom stereocenters. The summed E-state index contributed by atoms with van der Waals surface area (Å²) in [5, 5.41) is 2.84. The number of carbonyl (C=O) groups is 2. The number of fused-ring (bicyclic) bond motifs is 1. The molecule has 0 aliphatic carbocycles. The first-order valence-electron chi connectivity index (χ1n) is 6.00. The van der Waals surface area contributed by atoms with Gasteiger partial charge < -0.3 is 14.6 Å². The molecular formula is C12H13BrN2O3. The second-order valence-corrected chi connectivity index (χ2v) is 5.39. The van der Waals surface area contributed by atoms with Crippen molar-refractivity contribution in [1.82, 2.24) is 10.2 Å². The number of halogens is 1. The number of rotatable bonds is 1. The third-order valence-electron chi connectivity index (χ3n) is 3.71. The second kappa shape index (κ2) is 4.42. The summed E-state index contributed by atoms with van der Waals surface area (Å²) in [6.07, 6.45) is 3.22. The lowest BCUT2D eigenvalue weighted by Crippen LogP contribution is -2.48. The second-order valence-electron chi connectivity index (χ2n) is 4.67. The molecule has 3 rings (SSSR count). The van der Waals surface area contributed by atoms with E-state index in [1.54, 1.807) is 11.0 Å². The number of hydrogen-bond acceptors (Lipinski definition) is 3. The van der Waals surface area contributed by atoms with Crippen LogP contribution in [-0.2, 0) is 4.79 Å². The van der Waals surface area contributed by atoms with Crippen LogP contribution in [0.3, 0.4) is 0 Å². The van der Waals surface area contributed by atoms with E-state index in [1.165, 1.54) is 6.26 Å². The highest BCUT2D eigenvalue weighted by molar-refractivity contribution is 9.10.